The van der Waals surface area contributed by atoms with Crippen LogP contribution in [0.4, 0.5) is 0 Å². The maximum atomic E-state index is 13.1. The first kappa shape index (κ1) is 20.5. The average molecular weight is 379 g/mol. The molecule has 0 aromatic heterocycles. The van der Waals surface area contributed by atoms with Crippen molar-refractivity contribution in [3.63, 3.8) is 0 Å². The van der Waals surface area contributed by atoms with Gasteiger partial charge in [-0.2, -0.15) is 0 Å². The molecule has 0 saturated heterocycles. The average Bonchev–Trinajstić information content (AvgIpc) is 3.00. The number of aliphatic hydroxyl groups is 2. The third-order valence-corrected chi connectivity index (χ3v) is 8.70. The number of rotatable bonds is 3. The molecule has 5 heteroatoms. The molecular weight excluding hydrogens is 344 g/mol. The summed E-state index contributed by atoms with van der Waals surface area (Å²) in [7, 11) is 0. The molecule has 0 aliphatic heterocycles. The van der Waals surface area contributed by atoms with Gasteiger partial charge in [-0.15, -0.1) is 6.58 Å². The molecule has 3 aliphatic rings. The second-order valence-electron chi connectivity index (χ2n) is 9.72. The van der Waals surface area contributed by atoms with Crippen molar-refractivity contribution < 1.29 is 24.5 Å². The Morgan fingerprint density at radius 3 is 2.59 bits per heavy atom. The van der Waals surface area contributed by atoms with Gasteiger partial charge in [-0.3, -0.25) is 4.79 Å². The quantitative estimate of drug-likeness (QED) is 0.583. The molecule has 3 saturated carbocycles. The Labute approximate surface area is 162 Å². The van der Waals surface area contributed by atoms with Crippen molar-refractivity contribution in [3.05, 3.63) is 12.7 Å². The first-order chi connectivity index (χ1) is 12.6. The summed E-state index contributed by atoms with van der Waals surface area (Å²) in [5, 5.41) is 20.6. The summed E-state index contributed by atoms with van der Waals surface area (Å²) in [6.07, 6.45) is 4.10. The van der Waals surface area contributed by atoms with Crippen LogP contribution in [0, 0.1) is 34.0 Å². The van der Waals surface area contributed by atoms with Crippen LogP contribution in [0.3, 0.4) is 0 Å². The highest BCUT2D eigenvalue weighted by Crippen LogP contribution is 2.67. The van der Waals surface area contributed by atoms with Crippen LogP contribution in [0.1, 0.15) is 59.8 Å². The van der Waals surface area contributed by atoms with Gasteiger partial charge in [-0.25, -0.2) is 4.79 Å². The Balaban J connectivity index is 2.21. The van der Waals surface area contributed by atoms with Crippen molar-refractivity contribution in [2.45, 2.75) is 72.0 Å². The number of carbonyl (C=O) groups excluding carboxylic acids is 2. The standard InChI is InChI=1S/C22H34O5/c1-6-20(4)11-16(27-17(25)12-23)21(5)13(2)7-9-22(14(3)19(20)26)10-8-15(24)18(21)22/h6,13-14,16,18-19,23,26H,1,7-12H2,2-5H3/t13?,14-,16?,18-,19-,20-,21-,22-/m0/s1. The van der Waals surface area contributed by atoms with Gasteiger partial charge in [0.05, 0.1) is 6.10 Å². The van der Waals surface area contributed by atoms with Gasteiger partial charge in [0, 0.05) is 23.2 Å². The summed E-state index contributed by atoms with van der Waals surface area (Å²) in [6.45, 7) is 11.5. The van der Waals surface area contributed by atoms with Gasteiger partial charge in [0.15, 0.2) is 0 Å². The zero-order chi connectivity index (χ0) is 20.2. The molecule has 3 fully saturated rings. The largest absolute Gasteiger partial charge is 0.460 e. The fourth-order valence-electron chi connectivity index (χ4n) is 6.70. The van der Waals surface area contributed by atoms with Crippen LogP contribution in [0.25, 0.3) is 0 Å². The molecule has 8 atom stereocenters. The molecule has 3 rings (SSSR count). The van der Waals surface area contributed by atoms with E-state index in [9.17, 15) is 19.8 Å². The van der Waals surface area contributed by atoms with Crippen molar-refractivity contribution in [1.29, 1.82) is 0 Å². The van der Waals surface area contributed by atoms with Crippen molar-refractivity contribution in [2.24, 2.45) is 34.0 Å². The zero-order valence-electron chi connectivity index (χ0n) is 17.0. The minimum Gasteiger partial charge on any atom is -0.460 e. The molecule has 0 amide bonds. The molecule has 2 N–H and O–H groups in total. The number of esters is 1. The Morgan fingerprint density at radius 1 is 1.33 bits per heavy atom. The molecule has 2 bridgehead atoms. The molecule has 3 aliphatic carbocycles. The number of ether oxygens (including phenoxy) is 1. The van der Waals surface area contributed by atoms with Crippen LogP contribution in [0.5, 0.6) is 0 Å². The topological polar surface area (TPSA) is 83.8 Å². The van der Waals surface area contributed by atoms with E-state index in [-0.39, 0.29) is 29.0 Å². The molecule has 0 aromatic rings. The number of carbonyl (C=O) groups is 2. The van der Waals surface area contributed by atoms with Crippen LogP contribution in [-0.2, 0) is 14.3 Å². The summed E-state index contributed by atoms with van der Waals surface area (Å²) < 4.78 is 5.77. The molecule has 152 valence electrons. The number of ketones is 1. The predicted molar refractivity (Wildman–Crippen MR) is 102 cm³/mol. The van der Waals surface area contributed by atoms with Crippen molar-refractivity contribution in [3.8, 4) is 0 Å². The van der Waals surface area contributed by atoms with Crippen molar-refractivity contribution in [2.75, 3.05) is 6.61 Å². The van der Waals surface area contributed by atoms with Crippen LogP contribution in [0.15, 0.2) is 12.7 Å². The maximum Gasteiger partial charge on any atom is 0.332 e. The fourth-order valence-corrected chi connectivity index (χ4v) is 6.70. The predicted octanol–water partition coefficient (Wildman–Crippen LogP) is 2.89. The van der Waals surface area contributed by atoms with Crippen molar-refractivity contribution in [1.82, 2.24) is 0 Å². The Hall–Kier alpha value is -1.20. The molecule has 2 unspecified atom stereocenters. The SMILES string of the molecule is C=C[C@@]1(C)CC(OC(=O)CO)[C@]2(C)C(C)CC[C@]3(CCC(=O)[C@@H]23)[C@@H](C)[C@@H]1O. The lowest BCUT2D eigenvalue weighted by Crippen LogP contribution is -2.63. The van der Waals surface area contributed by atoms with Gasteiger partial charge in [0.1, 0.15) is 18.5 Å². The Bertz CT molecular complexity index is 645. The summed E-state index contributed by atoms with van der Waals surface area (Å²) in [5.41, 5.74) is -1.43. The highest BCUT2D eigenvalue weighted by atomic mass is 16.6. The van der Waals surface area contributed by atoms with Crippen LogP contribution in [-0.4, -0.2) is 40.8 Å². The van der Waals surface area contributed by atoms with Crippen LogP contribution >= 0.6 is 0 Å². The Kier molecular flexibility index (Phi) is 5.09. The van der Waals surface area contributed by atoms with E-state index in [1.807, 2.05) is 6.92 Å². The monoisotopic (exact) mass is 378 g/mol. The van der Waals surface area contributed by atoms with E-state index in [0.717, 1.165) is 19.3 Å². The van der Waals surface area contributed by atoms with Gasteiger partial charge in [-0.1, -0.05) is 33.8 Å². The first-order valence-electron chi connectivity index (χ1n) is 10.2. The van der Waals surface area contributed by atoms with Gasteiger partial charge in [0.25, 0.3) is 0 Å². The first-order valence-corrected chi connectivity index (χ1v) is 10.2. The summed E-state index contributed by atoms with van der Waals surface area (Å²) in [5.74, 6) is -0.520. The van der Waals surface area contributed by atoms with Crippen LogP contribution in [0.2, 0.25) is 0 Å². The molecule has 0 heterocycles. The lowest BCUT2D eigenvalue weighted by molar-refractivity contribution is -0.207. The maximum absolute atomic E-state index is 13.1. The minimum absolute atomic E-state index is 0.0433. The number of hydrogen-bond acceptors (Lipinski definition) is 5. The summed E-state index contributed by atoms with van der Waals surface area (Å²) >= 11 is 0. The smallest absolute Gasteiger partial charge is 0.332 e. The number of aliphatic hydroxyl groups excluding tert-OH is 2. The van der Waals surface area contributed by atoms with Gasteiger partial charge in [0.2, 0.25) is 0 Å². The van der Waals surface area contributed by atoms with Gasteiger partial charge in [-0.05, 0) is 42.9 Å². The molecule has 0 radical (unpaired) electrons. The van der Waals surface area contributed by atoms with Crippen molar-refractivity contribution >= 4 is 11.8 Å². The molecular formula is C22H34O5. The second-order valence-corrected chi connectivity index (χ2v) is 9.72. The van der Waals surface area contributed by atoms with E-state index in [4.69, 9.17) is 4.74 Å². The zero-order valence-corrected chi connectivity index (χ0v) is 17.0. The molecule has 0 spiro atoms. The number of Topliss-reactive ketones (excluding diaryl/α,β-unsaturated/α-hetero) is 1. The third kappa shape index (κ3) is 2.72. The Morgan fingerprint density at radius 2 is 2.00 bits per heavy atom. The molecule has 27 heavy (non-hydrogen) atoms. The molecule has 0 aromatic carbocycles. The summed E-state index contributed by atoms with van der Waals surface area (Å²) in [6, 6.07) is 0. The lowest BCUT2D eigenvalue weighted by atomic mass is 9.44. The highest BCUT2D eigenvalue weighted by molar-refractivity contribution is 5.85. The van der Waals surface area contributed by atoms with E-state index in [1.54, 1.807) is 6.08 Å². The van der Waals surface area contributed by atoms with Gasteiger partial charge >= 0.3 is 5.97 Å². The van der Waals surface area contributed by atoms with E-state index < -0.39 is 35.6 Å². The minimum atomic E-state index is -0.686. The summed E-state index contributed by atoms with van der Waals surface area (Å²) in [4.78, 5) is 25.2. The van der Waals surface area contributed by atoms with Gasteiger partial charge < -0.3 is 14.9 Å². The third-order valence-electron chi connectivity index (χ3n) is 8.70. The van der Waals surface area contributed by atoms with E-state index in [0.29, 0.717) is 12.8 Å². The second kappa shape index (κ2) is 6.70. The normalized spacial score (nSPS) is 49.7. The van der Waals surface area contributed by atoms with E-state index >= 15 is 0 Å². The molecule has 5 nitrogen and oxygen atoms in total. The fraction of sp³-hybridized carbons (Fsp3) is 0.818. The highest BCUT2D eigenvalue weighted by Gasteiger charge is 2.68. The van der Waals surface area contributed by atoms with E-state index in [1.165, 1.54) is 0 Å². The lowest BCUT2D eigenvalue weighted by Gasteiger charge is -2.61. The number of hydrogen-bond donors (Lipinski definition) is 2. The van der Waals surface area contributed by atoms with Crippen LogP contribution < -0.4 is 0 Å². The van der Waals surface area contributed by atoms with E-state index in [2.05, 4.69) is 27.4 Å².